The minimum Gasteiger partial charge on any atom is -0.396 e. The van der Waals surface area contributed by atoms with Crippen molar-refractivity contribution in [2.45, 2.75) is 26.3 Å². The molecule has 5 heteroatoms. The summed E-state index contributed by atoms with van der Waals surface area (Å²) in [4.78, 5) is 11.8. The maximum atomic E-state index is 11.8. The molecule has 1 aromatic rings. The minimum absolute atomic E-state index is 0.0174. The Morgan fingerprint density at radius 1 is 1.39 bits per heavy atom. The molecule has 1 amide bonds. The first-order valence-electron chi connectivity index (χ1n) is 5.78. The second kappa shape index (κ2) is 6.98. The monoisotopic (exact) mass is 289 g/mol. The van der Waals surface area contributed by atoms with Crippen LogP contribution in [-0.4, -0.2) is 23.7 Å². The highest BCUT2D eigenvalue weighted by Gasteiger charge is 2.15. The van der Waals surface area contributed by atoms with E-state index in [2.05, 4.69) is 5.32 Å². The highest BCUT2D eigenvalue weighted by atomic mass is 35.5. The van der Waals surface area contributed by atoms with Crippen molar-refractivity contribution in [3.05, 3.63) is 33.8 Å². The number of aliphatic hydroxyl groups is 1. The molecule has 0 saturated heterocycles. The van der Waals surface area contributed by atoms with E-state index in [1.165, 1.54) is 0 Å². The molecule has 100 valence electrons. The fourth-order valence-corrected chi connectivity index (χ4v) is 1.84. The Morgan fingerprint density at radius 2 is 2.06 bits per heavy atom. The second-order valence-electron chi connectivity index (χ2n) is 4.43. The lowest BCUT2D eigenvalue weighted by Gasteiger charge is -2.19. The molecule has 0 spiro atoms. The Bertz CT molecular complexity index is 423. The first-order chi connectivity index (χ1) is 8.43. The van der Waals surface area contributed by atoms with Gasteiger partial charge in [0.25, 0.3) is 0 Å². The van der Waals surface area contributed by atoms with Crippen LogP contribution < -0.4 is 5.32 Å². The summed E-state index contributed by atoms with van der Waals surface area (Å²) in [5.41, 5.74) is 0.700. The Labute approximate surface area is 117 Å². The zero-order valence-corrected chi connectivity index (χ0v) is 11.9. The summed E-state index contributed by atoms with van der Waals surface area (Å²) in [6.07, 6.45) is 0.182. The number of halogens is 2. The van der Waals surface area contributed by atoms with Gasteiger partial charge in [-0.25, -0.2) is 0 Å². The summed E-state index contributed by atoms with van der Waals surface area (Å²) in [7, 11) is 0. The zero-order valence-electron chi connectivity index (χ0n) is 10.4. The van der Waals surface area contributed by atoms with E-state index in [1.807, 2.05) is 13.8 Å². The van der Waals surface area contributed by atoms with Gasteiger partial charge in [-0.05, 0) is 36.6 Å². The smallest absolute Gasteiger partial charge is 0.224 e. The number of carbonyl (C=O) groups excluding carboxylic acids is 1. The zero-order chi connectivity index (χ0) is 13.7. The van der Waals surface area contributed by atoms with Crippen LogP contribution in [0.25, 0.3) is 0 Å². The molecule has 0 saturated carbocycles. The van der Waals surface area contributed by atoms with Crippen LogP contribution in [0.15, 0.2) is 18.2 Å². The molecule has 1 rings (SSSR count). The van der Waals surface area contributed by atoms with E-state index in [-0.39, 0.29) is 30.9 Å². The molecule has 2 atom stereocenters. The quantitative estimate of drug-likeness (QED) is 0.876. The van der Waals surface area contributed by atoms with Gasteiger partial charge in [-0.3, -0.25) is 4.79 Å². The van der Waals surface area contributed by atoms with Gasteiger partial charge in [-0.15, -0.1) is 0 Å². The molecule has 0 aliphatic heterocycles. The lowest BCUT2D eigenvalue weighted by molar-refractivity contribution is -0.121. The number of amides is 1. The van der Waals surface area contributed by atoms with Gasteiger partial charge in [-0.1, -0.05) is 30.1 Å². The van der Waals surface area contributed by atoms with Gasteiger partial charge >= 0.3 is 0 Å². The van der Waals surface area contributed by atoms with Crippen molar-refractivity contribution in [2.75, 3.05) is 6.61 Å². The lowest BCUT2D eigenvalue weighted by Crippen LogP contribution is -2.39. The molecular formula is C13H17Cl2NO2. The van der Waals surface area contributed by atoms with E-state index in [0.717, 1.165) is 0 Å². The topological polar surface area (TPSA) is 49.3 Å². The second-order valence-corrected chi connectivity index (χ2v) is 5.27. The predicted octanol–water partition coefficient (Wildman–Crippen LogP) is 2.67. The van der Waals surface area contributed by atoms with Gasteiger partial charge in [0, 0.05) is 22.7 Å². The number of rotatable bonds is 5. The van der Waals surface area contributed by atoms with Gasteiger partial charge in [0.15, 0.2) is 0 Å². The molecule has 3 nitrogen and oxygen atoms in total. The van der Waals surface area contributed by atoms with Gasteiger partial charge < -0.3 is 10.4 Å². The maximum Gasteiger partial charge on any atom is 0.224 e. The third-order valence-corrected chi connectivity index (χ3v) is 3.49. The van der Waals surface area contributed by atoms with E-state index in [1.54, 1.807) is 18.2 Å². The number of carbonyl (C=O) groups is 1. The van der Waals surface area contributed by atoms with Crippen LogP contribution in [0.2, 0.25) is 10.0 Å². The van der Waals surface area contributed by atoms with Crippen molar-refractivity contribution < 1.29 is 9.90 Å². The van der Waals surface area contributed by atoms with Crippen LogP contribution in [0.4, 0.5) is 0 Å². The summed E-state index contributed by atoms with van der Waals surface area (Å²) in [6.45, 7) is 3.77. The first kappa shape index (κ1) is 15.3. The van der Waals surface area contributed by atoms with E-state index in [4.69, 9.17) is 28.3 Å². The van der Waals surface area contributed by atoms with Crippen LogP contribution in [0.5, 0.6) is 0 Å². The minimum atomic E-state index is -0.132. The van der Waals surface area contributed by atoms with Crippen LogP contribution >= 0.6 is 23.2 Å². The Hall–Kier alpha value is -0.770. The van der Waals surface area contributed by atoms with Crippen LogP contribution in [0.3, 0.4) is 0 Å². The Balaban J connectivity index is 2.62. The normalized spacial score (nSPS) is 14.1. The molecule has 2 unspecified atom stereocenters. The summed E-state index contributed by atoms with van der Waals surface area (Å²) in [6, 6.07) is 4.96. The van der Waals surface area contributed by atoms with Crippen molar-refractivity contribution in [2.24, 2.45) is 5.92 Å². The molecule has 18 heavy (non-hydrogen) atoms. The van der Waals surface area contributed by atoms with Crippen molar-refractivity contribution in [3.8, 4) is 0 Å². The third kappa shape index (κ3) is 4.48. The van der Waals surface area contributed by atoms with E-state index in [0.29, 0.717) is 15.6 Å². The lowest BCUT2D eigenvalue weighted by atomic mass is 10.0. The standard InChI is InChI=1S/C13H17Cl2NO2/c1-8(7-17)9(2)16-13(18)6-10-5-11(14)3-4-12(10)15/h3-5,8-9,17H,6-7H2,1-2H3,(H,16,18). The van der Waals surface area contributed by atoms with Gasteiger partial charge in [0.2, 0.25) is 5.91 Å². The van der Waals surface area contributed by atoms with E-state index in [9.17, 15) is 4.79 Å². The van der Waals surface area contributed by atoms with E-state index >= 15 is 0 Å². The Morgan fingerprint density at radius 3 is 2.67 bits per heavy atom. The summed E-state index contributed by atoms with van der Waals surface area (Å²) in [5, 5.41) is 12.9. The van der Waals surface area contributed by atoms with Gasteiger partial charge in [0.1, 0.15) is 0 Å². The largest absolute Gasteiger partial charge is 0.396 e. The van der Waals surface area contributed by atoms with E-state index < -0.39 is 0 Å². The van der Waals surface area contributed by atoms with Crippen LogP contribution in [-0.2, 0) is 11.2 Å². The number of benzene rings is 1. The van der Waals surface area contributed by atoms with Crippen molar-refractivity contribution in [1.29, 1.82) is 0 Å². The fraction of sp³-hybridized carbons (Fsp3) is 0.462. The summed E-state index contributed by atoms with van der Waals surface area (Å²) in [5.74, 6) is -0.115. The highest BCUT2D eigenvalue weighted by molar-refractivity contribution is 6.33. The molecular weight excluding hydrogens is 273 g/mol. The number of hydrogen-bond acceptors (Lipinski definition) is 2. The average molecular weight is 290 g/mol. The van der Waals surface area contributed by atoms with Crippen molar-refractivity contribution >= 4 is 29.1 Å². The molecule has 0 radical (unpaired) electrons. The average Bonchev–Trinajstić information content (AvgIpc) is 2.32. The SMILES string of the molecule is CC(CO)C(C)NC(=O)Cc1cc(Cl)ccc1Cl. The van der Waals surface area contributed by atoms with Crippen LogP contribution in [0, 0.1) is 5.92 Å². The molecule has 0 fully saturated rings. The highest BCUT2D eigenvalue weighted by Crippen LogP contribution is 2.21. The fourth-order valence-electron chi connectivity index (χ4n) is 1.46. The number of nitrogens with one attached hydrogen (secondary N) is 1. The summed E-state index contributed by atoms with van der Waals surface area (Å²) < 4.78 is 0. The molecule has 0 aromatic heterocycles. The van der Waals surface area contributed by atoms with Crippen LogP contribution in [0.1, 0.15) is 19.4 Å². The van der Waals surface area contributed by atoms with Crippen molar-refractivity contribution in [1.82, 2.24) is 5.32 Å². The first-order valence-corrected chi connectivity index (χ1v) is 6.53. The molecule has 0 aliphatic rings. The van der Waals surface area contributed by atoms with Gasteiger partial charge in [0.05, 0.1) is 6.42 Å². The molecule has 1 aromatic carbocycles. The summed E-state index contributed by atoms with van der Waals surface area (Å²) >= 11 is 11.8. The Kier molecular flexibility index (Phi) is 5.93. The molecule has 0 heterocycles. The molecule has 2 N–H and O–H groups in total. The number of hydrogen-bond donors (Lipinski definition) is 2. The molecule has 0 bridgehead atoms. The number of aliphatic hydroxyl groups excluding tert-OH is 1. The molecule has 0 aliphatic carbocycles. The van der Waals surface area contributed by atoms with Crippen molar-refractivity contribution in [3.63, 3.8) is 0 Å². The maximum absolute atomic E-state index is 11.8. The van der Waals surface area contributed by atoms with Gasteiger partial charge in [-0.2, -0.15) is 0 Å². The third-order valence-electron chi connectivity index (χ3n) is 2.89. The predicted molar refractivity (Wildman–Crippen MR) is 74.0 cm³/mol.